The smallest absolute Gasteiger partial charge is 0.199 e. The van der Waals surface area contributed by atoms with Crippen molar-refractivity contribution in [3.05, 3.63) is 31.7 Å². The maximum atomic E-state index is 5.79. The van der Waals surface area contributed by atoms with Gasteiger partial charge in [0.2, 0.25) is 0 Å². The summed E-state index contributed by atoms with van der Waals surface area (Å²) in [5.41, 5.74) is 0. The molecule has 0 bridgehead atoms. The Balaban J connectivity index is 0. The van der Waals surface area contributed by atoms with Gasteiger partial charge in [0, 0.05) is 45.6 Å². The third kappa shape index (κ3) is 10.9. The van der Waals surface area contributed by atoms with E-state index in [0.717, 1.165) is 50.4 Å². The third-order valence-electron chi connectivity index (χ3n) is 3.63. The Hall–Kier alpha value is -0.156. The number of benzene rings is 1. The summed E-state index contributed by atoms with van der Waals surface area (Å²) in [5.74, 6) is 1.66. The minimum Gasteiger partial charge on any atom is -0.465 e. The van der Waals surface area contributed by atoms with Gasteiger partial charge in [-0.2, -0.15) is 0 Å². The fraction of sp³-hybridized carbons (Fsp3) is 0.667. The first-order chi connectivity index (χ1) is 11.9. The van der Waals surface area contributed by atoms with Crippen LogP contribution in [-0.4, -0.2) is 25.8 Å². The minimum absolute atomic E-state index is 0. The van der Waals surface area contributed by atoms with Crippen molar-refractivity contribution in [3.8, 4) is 11.5 Å². The summed E-state index contributed by atoms with van der Waals surface area (Å²) in [4.78, 5) is 0. The van der Waals surface area contributed by atoms with Gasteiger partial charge < -0.3 is 26.4 Å². The Bertz CT molecular complexity index is 360. The van der Waals surface area contributed by atoms with Crippen molar-refractivity contribution in [1.29, 1.82) is 0 Å². The van der Waals surface area contributed by atoms with Gasteiger partial charge in [-0.3, -0.25) is 0 Å². The summed E-state index contributed by atoms with van der Waals surface area (Å²) in [6.07, 6.45) is 6.34. The molecule has 0 aliphatic carbocycles. The van der Waals surface area contributed by atoms with Gasteiger partial charge in [0.15, 0.2) is 12.6 Å². The molecular weight excluding hydrogens is 405 g/mol. The Labute approximate surface area is 186 Å². The second-order valence-electron chi connectivity index (χ2n) is 5.30. The van der Waals surface area contributed by atoms with Gasteiger partial charge in [-0.05, 0) is 49.9 Å². The molecule has 0 N–H and O–H groups in total. The molecule has 0 saturated carbocycles. The topological polar surface area (TPSA) is 36.9 Å². The van der Waals surface area contributed by atoms with Crippen molar-refractivity contribution in [2.24, 2.45) is 0 Å². The van der Waals surface area contributed by atoms with E-state index < -0.39 is 0 Å². The molecule has 2 saturated heterocycles. The molecule has 1 aromatic carbocycles. The number of hydrogen-bond donors (Lipinski definition) is 0. The number of hydrogen-bond acceptors (Lipinski definition) is 4. The fourth-order valence-corrected chi connectivity index (χ4v) is 2.51. The molecule has 0 spiro atoms. The molecular formula is C21H37O4Y-. The van der Waals surface area contributed by atoms with Crippen molar-refractivity contribution in [1.82, 2.24) is 0 Å². The predicted molar refractivity (Wildman–Crippen MR) is 104 cm³/mol. The van der Waals surface area contributed by atoms with E-state index in [9.17, 15) is 0 Å². The van der Waals surface area contributed by atoms with Crippen LogP contribution in [0.2, 0.25) is 0 Å². The Morgan fingerprint density at radius 1 is 0.692 bits per heavy atom. The molecule has 2 unspecified atom stereocenters. The van der Waals surface area contributed by atoms with Crippen LogP contribution in [0.25, 0.3) is 0 Å². The van der Waals surface area contributed by atoms with E-state index >= 15 is 0 Å². The van der Waals surface area contributed by atoms with Gasteiger partial charge in [-0.25, -0.2) is 0 Å². The molecule has 2 fully saturated rings. The minimum atomic E-state index is -0.0998. The van der Waals surface area contributed by atoms with Gasteiger partial charge in [0.05, 0.1) is 13.2 Å². The zero-order valence-electron chi connectivity index (χ0n) is 17.3. The van der Waals surface area contributed by atoms with Gasteiger partial charge in [-0.1, -0.05) is 27.7 Å². The zero-order valence-corrected chi connectivity index (χ0v) is 20.2. The standard InChI is InChI=1S/C16H22O4.2C2H6.CH3.Y/c1-3-11-17-15(5-1)19-13-7-9-14(10-8-13)20-16-6-2-4-12-18-16;2*1-2;;/h7-10,15-16H,1-6,11-12H2;2*1-2H3;1H3;/q;;;-1;. The summed E-state index contributed by atoms with van der Waals surface area (Å²) in [6, 6.07) is 7.71. The van der Waals surface area contributed by atoms with Crippen LogP contribution in [-0.2, 0) is 42.2 Å². The van der Waals surface area contributed by atoms with Crippen molar-refractivity contribution in [2.75, 3.05) is 13.2 Å². The first-order valence-corrected chi connectivity index (χ1v) is 9.57. The SMILES string of the molecule is CC.CC.[CH3-].[Y].c1cc(OC2CCCCO2)ccc1OC1CCCCO1. The van der Waals surface area contributed by atoms with E-state index in [4.69, 9.17) is 18.9 Å². The zero-order chi connectivity index (χ0) is 17.6. The van der Waals surface area contributed by atoms with Crippen LogP contribution in [0.4, 0.5) is 0 Å². The molecule has 5 heteroatoms. The molecule has 2 heterocycles. The van der Waals surface area contributed by atoms with Crippen molar-refractivity contribution in [3.63, 3.8) is 0 Å². The van der Waals surface area contributed by atoms with E-state index in [-0.39, 0.29) is 52.7 Å². The monoisotopic (exact) mass is 442 g/mol. The molecule has 149 valence electrons. The average molecular weight is 442 g/mol. The van der Waals surface area contributed by atoms with E-state index in [1.807, 2.05) is 52.0 Å². The molecule has 2 aliphatic heterocycles. The third-order valence-corrected chi connectivity index (χ3v) is 3.63. The molecule has 1 radical (unpaired) electrons. The molecule has 0 aromatic heterocycles. The molecule has 4 nitrogen and oxygen atoms in total. The van der Waals surface area contributed by atoms with Crippen LogP contribution in [0.3, 0.4) is 0 Å². The molecule has 26 heavy (non-hydrogen) atoms. The van der Waals surface area contributed by atoms with E-state index in [1.165, 1.54) is 12.8 Å². The van der Waals surface area contributed by atoms with Crippen LogP contribution in [0.1, 0.15) is 66.2 Å². The summed E-state index contributed by atoms with van der Waals surface area (Å²) in [6.45, 7) is 9.59. The largest absolute Gasteiger partial charge is 0.465 e. The van der Waals surface area contributed by atoms with Crippen LogP contribution >= 0.6 is 0 Å². The number of ether oxygens (including phenoxy) is 4. The van der Waals surface area contributed by atoms with E-state index in [0.29, 0.717) is 0 Å². The van der Waals surface area contributed by atoms with Crippen LogP contribution in [0, 0.1) is 7.43 Å². The normalized spacial score (nSPS) is 21.2. The molecule has 2 atom stereocenters. The van der Waals surface area contributed by atoms with Crippen LogP contribution in [0.15, 0.2) is 24.3 Å². The maximum Gasteiger partial charge on any atom is 0.199 e. The van der Waals surface area contributed by atoms with Gasteiger partial charge in [-0.15, -0.1) is 0 Å². The fourth-order valence-electron chi connectivity index (χ4n) is 2.51. The second kappa shape index (κ2) is 18.2. The Morgan fingerprint density at radius 3 is 1.31 bits per heavy atom. The summed E-state index contributed by atoms with van der Waals surface area (Å²) in [7, 11) is 0. The van der Waals surface area contributed by atoms with E-state index in [2.05, 4.69) is 0 Å². The van der Waals surface area contributed by atoms with Crippen LogP contribution < -0.4 is 9.47 Å². The quantitative estimate of drug-likeness (QED) is 0.536. The van der Waals surface area contributed by atoms with Crippen molar-refractivity contribution in [2.45, 2.75) is 78.8 Å². The van der Waals surface area contributed by atoms with Crippen molar-refractivity contribution < 1.29 is 51.7 Å². The first kappa shape index (κ1) is 28.1. The van der Waals surface area contributed by atoms with E-state index in [1.54, 1.807) is 0 Å². The average Bonchev–Trinajstić information content (AvgIpc) is 2.68. The molecule has 3 rings (SSSR count). The Kier molecular flexibility index (Phi) is 19.7. The summed E-state index contributed by atoms with van der Waals surface area (Å²) >= 11 is 0. The summed E-state index contributed by atoms with van der Waals surface area (Å²) in [5, 5.41) is 0. The first-order valence-electron chi connectivity index (χ1n) is 9.57. The van der Waals surface area contributed by atoms with Gasteiger partial charge in [0.1, 0.15) is 11.5 Å². The predicted octanol–water partition coefficient (Wildman–Crippen LogP) is 6.00. The molecule has 0 amide bonds. The van der Waals surface area contributed by atoms with Gasteiger partial charge >= 0.3 is 0 Å². The number of rotatable bonds is 4. The van der Waals surface area contributed by atoms with Gasteiger partial charge in [0.25, 0.3) is 0 Å². The Morgan fingerprint density at radius 2 is 1.04 bits per heavy atom. The molecule has 2 aliphatic rings. The summed E-state index contributed by atoms with van der Waals surface area (Å²) < 4.78 is 22.7. The van der Waals surface area contributed by atoms with Crippen molar-refractivity contribution >= 4 is 0 Å². The van der Waals surface area contributed by atoms with Crippen LogP contribution in [0.5, 0.6) is 11.5 Å². The molecule has 1 aromatic rings. The second-order valence-corrected chi connectivity index (χ2v) is 5.30. The maximum absolute atomic E-state index is 5.79.